The maximum atomic E-state index is 4.57. The summed E-state index contributed by atoms with van der Waals surface area (Å²) >= 11 is 0. The van der Waals surface area contributed by atoms with E-state index in [0.717, 1.165) is 69.8 Å². The van der Waals surface area contributed by atoms with E-state index in [1.807, 2.05) is 6.20 Å². The molecule has 3 heterocycles. The summed E-state index contributed by atoms with van der Waals surface area (Å²) in [5.41, 5.74) is 1.20. The number of aromatic nitrogens is 4. The van der Waals surface area contributed by atoms with E-state index >= 15 is 0 Å². The molecular weight excluding hydrogens is 493 g/mol. The SMILES string of the molecule is CCc1nncn1CCNC(=NC)NCc1ccnc(N2CCN(CC)CC2)c1.I. The number of halogens is 1. The monoisotopic (exact) mass is 527 g/mol. The lowest BCUT2D eigenvalue weighted by Crippen LogP contribution is -2.46. The fraction of sp³-hybridized carbons (Fsp3) is 0.600. The van der Waals surface area contributed by atoms with Gasteiger partial charge in [0.2, 0.25) is 0 Å². The number of guanidine groups is 1. The summed E-state index contributed by atoms with van der Waals surface area (Å²) in [5.74, 6) is 2.84. The minimum atomic E-state index is 0. The highest BCUT2D eigenvalue weighted by atomic mass is 127. The molecule has 0 bridgehead atoms. The molecule has 0 aliphatic carbocycles. The van der Waals surface area contributed by atoms with Crippen molar-refractivity contribution in [2.24, 2.45) is 4.99 Å². The first-order valence-electron chi connectivity index (χ1n) is 10.5. The molecule has 0 aromatic carbocycles. The average molecular weight is 527 g/mol. The molecule has 1 fully saturated rings. The van der Waals surface area contributed by atoms with Crippen LogP contribution < -0.4 is 15.5 Å². The van der Waals surface area contributed by atoms with E-state index in [1.165, 1.54) is 5.56 Å². The Morgan fingerprint density at radius 2 is 1.97 bits per heavy atom. The van der Waals surface area contributed by atoms with Gasteiger partial charge in [-0.2, -0.15) is 0 Å². The predicted octanol–water partition coefficient (Wildman–Crippen LogP) is 1.36. The standard InChI is InChI=1S/C20H33N9.HI/c1-4-18-26-25-16-29(18)9-8-23-20(21-3)24-15-17-6-7-22-19(14-17)28-12-10-27(5-2)11-13-28;/h6-7,14,16H,4-5,8-13,15H2,1-3H3,(H2,21,23,24);1H. The van der Waals surface area contributed by atoms with Gasteiger partial charge in [-0.3, -0.25) is 4.99 Å². The van der Waals surface area contributed by atoms with Gasteiger partial charge in [-0.25, -0.2) is 4.98 Å². The summed E-state index contributed by atoms with van der Waals surface area (Å²) in [7, 11) is 1.79. The van der Waals surface area contributed by atoms with Crippen LogP contribution in [-0.4, -0.2) is 76.9 Å². The van der Waals surface area contributed by atoms with E-state index in [2.05, 4.69) is 71.2 Å². The number of aryl methyl sites for hydroxylation is 1. The van der Waals surface area contributed by atoms with E-state index in [0.29, 0.717) is 6.54 Å². The van der Waals surface area contributed by atoms with Gasteiger partial charge in [0.1, 0.15) is 18.0 Å². The number of likely N-dealkylation sites (N-methyl/N-ethyl adjacent to an activating group) is 1. The predicted molar refractivity (Wildman–Crippen MR) is 132 cm³/mol. The highest BCUT2D eigenvalue weighted by molar-refractivity contribution is 14.0. The third-order valence-electron chi connectivity index (χ3n) is 5.29. The third-order valence-corrected chi connectivity index (χ3v) is 5.29. The van der Waals surface area contributed by atoms with Crippen molar-refractivity contribution >= 4 is 35.8 Å². The quantitative estimate of drug-likeness (QED) is 0.305. The van der Waals surface area contributed by atoms with Gasteiger partial charge >= 0.3 is 0 Å². The van der Waals surface area contributed by atoms with Crippen LogP contribution in [0.5, 0.6) is 0 Å². The fourth-order valence-corrected chi connectivity index (χ4v) is 3.48. The normalized spacial score (nSPS) is 15.0. The first-order valence-corrected chi connectivity index (χ1v) is 10.5. The van der Waals surface area contributed by atoms with Crippen molar-refractivity contribution in [1.82, 2.24) is 35.3 Å². The molecule has 1 aliphatic heterocycles. The number of hydrogen-bond donors (Lipinski definition) is 2. The number of aliphatic imine (C=N–C) groups is 1. The van der Waals surface area contributed by atoms with Gasteiger partial charge in [-0.1, -0.05) is 13.8 Å². The molecule has 1 saturated heterocycles. The van der Waals surface area contributed by atoms with Gasteiger partial charge in [0.25, 0.3) is 0 Å². The maximum absolute atomic E-state index is 4.57. The largest absolute Gasteiger partial charge is 0.355 e. The molecule has 0 saturated carbocycles. The Kier molecular flexibility index (Phi) is 10.3. The number of nitrogens with zero attached hydrogens (tertiary/aromatic N) is 7. The summed E-state index contributed by atoms with van der Waals surface area (Å²) in [6.45, 7) is 12.0. The molecule has 0 amide bonds. The highest BCUT2D eigenvalue weighted by Gasteiger charge is 2.16. The van der Waals surface area contributed by atoms with E-state index in [1.54, 1.807) is 13.4 Å². The second-order valence-corrected chi connectivity index (χ2v) is 7.09. The minimum absolute atomic E-state index is 0. The fourth-order valence-electron chi connectivity index (χ4n) is 3.48. The van der Waals surface area contributed by atoms with Gasteiger partial charge < -0.3 is 25.0 Å². The van der Waals surface area contributed by atoms with Crippen molar-refractivity contribution in [1.29, 1.82) is 0 Å². The lowest BCUT2D eigenvalue weighted by molar-refractivity contribution is 0.270. The van der Waals surface area contributed by atoms with Crippen LogP contribution in [0.3, 0.4) is 0 Å². The van der Waals surface area contributed by atoms with Gasteiger partial charge in [-0.15, -0.1) is 34.2 Å². The molecule has 2 aromatic heterocycles. The number of pyridine rings is 1. The Labute approximate surface area is 196 Å². The van der Waals surface area contributed by atoms with Crippen molar-refractivity contribution in [3.63, 3.8) is 0 Å². The van der Waals surface area contributed by atoms with Crippen molar-refractivity contribution in [3.8, 4) is 0 Å². The zero-order valence-corrected chi connectivity index (χ0v) is 20.5. The lowest BCUT2D eigenvalue weighted by Gasteiger charge is -2.34. The Bertz CT molecular complexity index is 784. The Balaban J connectivity index is 0.00000320. The van der Waals surface area contributed by atoms with E-state index < -0.39 is 0 Å². The van der Waals surface area contributed by atoms with E-state index in [-0.39, 0.29) is 24.0 Å². The second-order valence-electron chi connectivity index (χ2n) is 7.09. The van der Waals surface area contributed by atoms with Crippen molar-refractivity contribution < 1.29 is 0 Å². The first-order chi connectivity index (χ1) is 14.2. The van der Waals surface area contributed by atoms with E-state index in [9.17, 15) is 0 Å². The van der Waals surface area contributed by atoms with Crippen LogP contribution in [0.4, 0.5) is 5.82 Å². The van der Waals surface area contributed by atoms with Crippen molar-refractivity contribution in [2.45, 2.75) is 33.4 Å². The Hall–Kier alpha value is -1.95. The summed E-state index contributed by atoms with van der Waals surface area (Å²) in [6.07, 6.45) is 4.55. The molecular formula is C20H34IN9. The molecule has 0 spiro atoms. The van der Waals surface area contributed by atoms with Gasteiger partial charge in [0, 0.05) is 65.5 Å². The topological polar surface area (TPSA) is 86.5 Å². The average Bonchev–Trinajstić information content (AvgIpc) is 3.24. The van der Waals surface area contributed by atoms with Crippen LogP contribution in [0.2, 0.25) is 0 Å². The Morgan fingerprint density at radius 1 is 1.17 bits per heavy atom. The van der Waals surface area contributed by atoms with Gasteiger partial charge in [-0.05, 0) is 24.2 Å². The zero-order valence-electron chi connectivity index (χ0n) is 18.2. The van der Waals surface area contributed by atoms with Crippen molar-refractivity contribution in [3.05, 3.63) is 36.0 Å². The summed E-state index contributed by atoms with van der Waals surface area (Å²) in [4.78, 5) is 13.7. The molecule has 2 aromatic rings. The first kappa shape index (κ1) is 24.3. The highest BCUT2D eigenvalue weighted by Crippen LogP contribution is 2.15. The second kappa shape index (κ2) is 12.7. The molecule has 0 radical (unpaired) electrons. The molecule has 0 atom stereocenters. The van der Waals surface area contributed by atoms with Crippen LogP contribution in [0.1, 0.15) is 25.2 Å². The molecule has 30 heavy (non-hydrogen) atoms. The molecule has 3 rings (SSSR count). The van der Waals surface area contributed by atoms with Crippen LogP contribution in [0.15, 0.2) is 29.6 Å². The molecule has 1 aliphatic rings. The number of anilines is 1. The van der Waals surface area contributed by atoms with Crippen LogP contribution in [0, 0.1) is 0 Å². The van der Waals surface area contributed by atoms with E-state index in [4.69, 9.17) is 0 Å². The van der Waals surface area contributed by atoms with Gasteiger partial charge in [0.05, 0.1) is 0 Å². The van der Waals surface area contributed by atoms with Crippen LogP contribution in [0.25, 0.3) is 0 Å². The van der Waals surface area contributed by atoms with Crippen LogP contribution >= 0.6 is 24.0 Å². The number of nitrogens with one attached hydrogen (secondary N) is 2. The number of rotatable bonds is 8. The zero-order chi connectivity index (χ0) is 20.5. The number of hydrogen-bond acceptors (Lipinski definition) is 6. The molecule has 10 heteroatoms. The summed E-state index contributed by atoms with van der Waals surface area (Å²) < 4.78 is 2.06. The van der Waals surface area contributed by atoms with Crippen LogP contribution in [-0.2, 0) is 19.5 Å². The maximum Gasteiger partial charge on any atom is 0.191 e. The smallest absolute Gasteiger partial charge is 0.191 e. The molecule has 166 valence electrons. The molecule has 2 N–H and O–H groups in total. The molecule has 0 unspecified atom stereocenters. The van der Waals surface area contributed by atoms with Gasteiger partial charge in [0.15, 0.2) is 5.96 Å². The third kappa shape index (κ3) is 6.79. The number of piperazine rings is 1. The summed E-state index contributed by atoms with van der Waals surface area (Å²) in [6, 6.07) is 4.23. The summed E-state index contributed by atoms with van der Waals surface area (Å²) in [5, 5.41) is 14.8. The molecule has 9 nitrogen and oxygen atoms in total. The lowest BCUT2D eigenvalue weighted by atomic mass is 10.2. The Morgan fingerprint density at radius 3 is 2.67 bits per heavy atom. The minimum Gasteiger partial charge on any atom is -0.355 e. The van der Waals surface area contributed by atoms with Crippen molar-refractivity contribution in [2.75, 3.05) is 51.2 Å².